The number of nitrogens with zero attached hydrogens (tertiary/aromatic N) is 2. The van der Waals surface area contributed by atoms with Crippen LogP contribution in [0.4, 0.5) is 5.69 Å². The summed E-state index contributed by atoms with van der Waals surface area (Å²) in [6.07, 6.45) is 3.10. The number of carbonyl (C=O) groups is 1. The summed E-state index contributed by atoms with van der Waals surface area (Å²) in [5.74, 6) is 0.173. The number of carbonyl (C=O) groups excluding carboxylic acids is 1. The molecular weight excluding hydrogens is 296 g/mol. The summed E-state index contributed by atoms with van der Waals surface area (Å²) in [6, 6.07) is 8.09. The predicted octanol–water partition coefficient (Wildman–Crippen LogP) is 1.88. The highest BCUT2D eigenvalue weighted by atomic mass is 16.5. The van der Waals surface area contributed by atoms with Crippen molar-refractivity contribution in [2.45, 2.75) is 25.8 Å². The number of nitrogens with two attached hydrogens (primary N) is 1. The minimum Gasteiger partial charge on any atom is -0.463 e. The maximum atomic E-state index is 12.0. The Morgan fingerprint density at radius 3 is 2.78 bits per heavy atom. The van der Waals surface area contributed by atoms with Gasteiger partial charge < -0.3 is 20.2 Å². The molecule has 1 unspecified atom stereocenters. The van der Waals surface area contributed by atoms with Crippen LogP contribution in [0.15, 0.2) is 39.9 Å². The molecular formula is C16H18N4O3. The summed E-state index contributed by atoms with van der Waals surface area (Å²) in [7, 11) is 0. The van der Waals surface area contributed by atoms with Crippen LogP contribution >= 0.6 is 0 Å². The molecule has 1 aromatic carbocycles. The number of aromatic nitrogens is 1. The molecule has 1 amide bonds. The van der Waals surface area contributed by atoms with Crippen molar-refractivity contribution in [3.05, 3.63) is 47.7 Å². The summed E-state index contributed by atoms with van der Waals surface area (Å²) in [5.41, 5.74) is 7.63. The molecule has 2 aromatic rings. The number of rotatable bonds is 5. The van der Waals surface area contributed by atoms with Gasteiger partial charge in [0.05, 0.1) is 6.04 Å². The highest BCUT2D eigenvalue weighted by Crippen LogP contribution is 2.15. The van der Waals surface area contributed by atoms with Crippen LogP contribution in [0.25, 0.3) is 0 Å². The Labute approximate surface area is 133 Å². The number of nitrogens with one attached hydrogen (secondary N) is 1. The molecule has 0 saturated carbocycles. The first kappa shape index (κ1) is 15.1. The van der Waals surface area contributed by atoms with Gasteiger partial charge in [0.2, 0.25) is 0 Å². The molecule has 0 radical (unpaired) electrons. The zero-order chi connectivity index (χ0) is 16.2. The van der Waals surface area contributed by atoms with E-state index in [-0.39, 0.29) is 23.7 Å². The molecule has 2 heterocycles. The summed E-state index contributed by atoms with van der Waals surface area (Å²) in [4.78, 5) is 20.2. The number of amidine groups is 1. The van der Waals surface area contributed by atoms with E-state index < -0.39 is 0 Å². The smallest absolute Gasteiger partial charge is 0.282 e. The monoisotopic (exact) mass is 314 g/mol. The van der Waals surface area contributed by atoms with Crippen LogP contribution in [0, 0.1) is 6.92 Å². The van der Waals surface area contributed by atoms with Crippen LogP contribution in [-0.4, -0.2) is 29.6 Å². The van der Waals surface area contributed by atoms with Gasteiger partial charge in [-0.25, -0.2) is 9.98 Å². The molecule has 0 aliphatic carbocycles. The van der Waals surface area contributed by atoms with E-state index in [1.54, 1.807) is 6.92 Å². The standard InChI is InChI=1S/C16H18N4O3/c1-10-18-14(9-22-10)15(21)19-12-5-2-11(3-6-12)4-7-13-8-23-16(17)20-13/h2-3,5-6,9,13H,4,7-8H2,1H3,(H2,17,20)(H,19,21). The van der Waals surface area contributed by atoms with Gasteiger partial charge in [-0.1, -0.05) is 12.1 Å². The molecule has 0 fully saturated rings. The molecule has 1 aliphatic heterocycles. The molecule has 7 heteroatoms. The number of hydrogen-bond acceptors (Lipinski definition) is 6. The number of oxazole rings is 1. The summed E-state index contributed by atoms with van der Waals surface area (Å²) in [5, 5.41) is 2.78. The Hall–Kier alpha value is -2.83. The van der Waals surface area contributed by atoms with Crippen molar-refractivity contribution in [2.24, 2.45) is 10.7 Å². The first-order valence-electron chi connectivity index (χ1n) is 7.38. The summed E-state index contributed by atoms with van der Waals surface area (Å²) >= 11 is 0. The Kier molecular flexibility index (Phi) is 4.27. The molecule has 1 aliphatic rings. The van der Waals surface area contributed by atoms with Crippen LogP contribution in [-0.2, 0) is 11.2 Å². The zero-order valence-corrected chi connectivity index (χ0v) is 12.8. The van der Waals surface area contributed by atoms with E-state index in [9.17, 15) is 4.79 Å². The second-order valence-electron chi connectivity index (χ2n) is 5.37. The second kappa shape index (κ2) is 6.51. The van der Waals surface area contributed by atoms with Gasteiger partial charge in [0.25, 0.3) is 11.9 Å². The van der Waals surface area contributed by atoms with Gasteiger partial charge in [0.15, 0.2) is 11.6 Å². The lowest BCUT2D eigenvalue weighted by atomic mass is 10.1. The Morgan fingerprint density at radius 2 is 2.17 bits per heavy atom. The third-order valence-electron chi connectivity index (χ3n) is 3.56. The molecule has 1 aromatic heterocycles. The molecule has 23 heavy (non-hydrogen) atoms. The van der Waals surface area contributed by atoms with Crippen LogP contribution in [0.3, 0.4) is 0 Å². The van der Waals surface area contributed by atoms with Gasteiger partial charge in [-0.3, -0.25) is 4.79 Å². The van der Waals surface area contributed by atoms with E-state index in [0.29, 0.717) is 18.2 Å². The van der Waals surface area contributed by atoms with Crippen molar-refractivity contribution in [3.63, 3.8) is 0 Å². The van der Waals surface area contributed by atoms with Crippen molar-refractivity contribution in [3.8, 4) is 0 Å². The molecule has 3 N–H and O–H groups in total. The largest absolute Gasteiger partial charge is 0.463 e. The molecule has 7 nitrogen and oxygen atoms in total. The Morgan fingerprint density at radius 1 is 1.39 bits per heavy atom. The SMILES string of the molecule is Cc1nc(C(=O)Nc2ccc(CCC3COC(N)=N3)cc2)co1. The number of benzene rings is 1. The first-order chi connectivity index (χ1) is 11.1. The van der Waals surface area contributed by atoms with E-state index in [1.807, 2.05) is 24.3 Å². The lowest BCUT2D eigenvalue weighted by molar-refractivity contribution is 0.102. The summed E-state index contributed by atoms with van der Waals surface area (Å²) in [6.45, 7) is 2.25. The Balaban J connectivity index is 1.53. The number of amides is 1. The van der Waals surface area contributed by atoms with E-state index >= 15 is 0 Å². The average Bonchev–Trinajstić information content (AvgIpc) is 3.15. The minimum absolute atomic E-state index is 0.129. The Bertz CT molecular complexity index is 721. The van der Waals surface area contributed by atoms with Crippen molar-refractivity contribution < 1.29 is 13.9 Å². The quantitative estimate of drug-likeness (QED) is 0.877. The van der Waals surface area contributed by atoms with Gasteiger partial charge in [-0.2, -0.15) is 0 Å². The van der Waals surface area contributed by atoms with E-state index in [2.05, 4.69) is 15.3 Å². The summed E-state index contributed by atoms with van der Waals surface area (Å²) < 4.78 is 10.2. The highest BCUT2D eigenvalue weighted by molar-refractivity contribution is 6.02. The van der Waals surface area contributed by atoms with Crippen molar-refractivity contribution in [2.75, 3.05) is 11.9 Å². The van der Waals surface area contributed by atoms with E-state index in [0.717, 1.165) is 12.8 Å². The molecule has 1 atom stereocenters. The molecule has 0 saturated heterocycles. The fraction of sp³-hybridized carbons (Fsp3) is 0.312. The first-order valence-corrected chi connectivity index (χ1v) is 7.38. The second-order valence-corrected chi connectivity index (χ2v) is 5.37. The number of hydrogen-bond donors (Lipinski definition) is 2. The number of aryl methyl sites for hydroxylation is 2. The average molecular weight is 314 g/mol. The zero-order valence-electron chi connectivity index (χ0n) is 12.8. The maximum absolute atomic E-state index is 12.0. The third kappa shape index (κ3) is 3.88. The molecule has 3 rings (SSSR count). The predicted molar refractivity (Wildman–Crippen MR) is 85.3 cm³/mol. The molecule has 0 bridgehead atoms. The van der Waals surface area contributed by atoms with E-state index in [1.165, 1.54) is 11.8 Å². The lowest BCUT2D eigenvalue weighted by Gasteiger charge is -2.07. The minimum atomic E-state index is -0.289. The number of aliphatic imine (C=N–C) groups is 1. The van der Waals surface area contributed by atoms with Gasteiger partial charge in [-0.15, -0.1) is 0 Å². The highest BCUT2D eigenvalue weighted by Gasteiger charge is 2.16. The van der Waals surface area contributed by atoms with Crippen molar-refractivity contribution in [1.82, 2.24) is 4.98 Å². The fourth-order valence-corrected chi connectivity index (χ4v) is 2.33. The van der Waals surface area contributed by atoms with Crippen molar-refractivity contribution >= 4 is 17.6 Å². The van der Waals surface area contributed by atoms with Gasteiger partial charge in [0, 0.05) is 12.6 Å². The molecule has 0 spiro atoms. The number of ether oxygens (including phenoxy) is 1. The maximum Gasteiger partial charge on any atom is 0.282 e. The van der Waals surface area contributed by atoms with E-state index in [4.69, 9.17) is 14.9 Å². The van der Waals surface area contributed by atoms with Crippen LogP contribution in [0.5, 0.6) is 0 Å². The normalized spacial score (nSPS) is 16.7. The van der Waals surface area contributed by atoms with Crippen molar-refractivity contribution in [1.29, 1.82) is 0 Å². The third-order valence-corrected chi connectivity index (χ3v) is 3.56. The van der Waals surface area contributed by atoms with Crippen LogP contribution < -0.4 is 11.1 Å². The van der Waals surface area contributed by atoms with Crippen LogP contribution in [0.1, 0.15) is 28.4 Å². The van der Waals surface area contributed by atoms with Gasteiger partial charge in [0.1, 0.15) is 12.9 Å². The van der Waals surface area contributed by atoms with Gasteiger partial charge in [-0.05, 0) is 30.5 Å². The van der Waals surface area contributed by atoms with Gasteiger partial charge >= 0.3 is 0 Å². The topological polar surface area (TPSA) is 103 Å². The lowest BCUT2D eigenvalue weighted by Crippen LogP contribution is -2.12. The molecule has 120 valence electrons. The fourth-order valence-electron chi connectivity index (χ4n) is 2.33. The van der Waals surface area contributed by atoms with Crippen LogP contribution in [0.2, 0.25) is 0 Å². The number of anilines is 1.